The van der Waals surface area contributed by atoms with Crippen LogP contribution < -0.4 is 0 Å². The van der Waals surface area contributed by atoms with Crippen LogP contribution in [0.4, 0.5) is 0 Å². The van der Waals surface area contributed by atoms with Gasteiger partial charge < -0.3 is 4.74 Å². The van der Waals surface area contributed by atoms with Crippen LogP contribution >= 0.6 is 0 Å². The Balaban J connectivity index is 2.99. The van der Waals surface area contributed by atoms with E-state index in [4.69, 9.17) is 4.74 Å². The first kappa shape index (κ1) is 10.2. The molecule has 0 saturated heterocycles. The molecule has 0 spiro atoms. The van der Waals surface area contributed by atoms with Crippen LogP contribution in [0.3, 0.4) is 0 Å². The third-order valence-corrected chi connectivity index (χ3v) is 3.72. The Morgan fingerprint density at radius 1 is 1.38 bits per heavy atom. The summed E-state index contributed by atoms with van der Waals surface area (Å²) in [5, 5.41) is 0. The molecular formula is C10H16O3. The quantitative estimate of drug-likeness (QED) is 0.625. The van der Waals surface area contributed by atoms with Crippen molar-refractivity contribution < 1.29 is 14.3 Å². The SMILES string of the molecule is CC1CCC(C=O)(OC=O)C1(C)C. The van der Waals surface area contributed by atoms with Gasteiger partial charge in [0.25, 0.3) is 6.47 Å². The summed E-state index contributed by atoms with van der Waals surface area (Å²) in [6.07, 6.45) is 2.36. The van der Waals surface area contributed by atoms with E-state index in [1.54, 1.807) is 0 Å². The normalized spacial score (nSPS) is 37.0. The zero-order chi connectivity index (χ0) is 10.1. The first-order valence-electron chi connectivity index (χ1n) is 4.58. The molecule has 3 heteroatoms. The van der Waals surface area contributed by atoms with Crippen LogP contribution in [0.5, 0.6) is 0 Å². The van der Waals surface area contributed by atoms with Gasteiger partial charge in [-0.1, -0.05) is 20.8 Å². The molecule has 0 aromatic heterocycles. The second-order valence-corrected chi connectivity index (χ2v) is 4.38. The Morgan fingerprint density at radius 3 is 2.31 bits per heavy atom. The lowest BCUT2D eigenvalue weighted by Crippen LogP contribution is -2.46. The zero-order valence-corrected chi connectivity index (χ0v) is 8.37. The molecule has 0 heterocycles. The van der Waals surface area contributed by atoms with Gasteiger partial charge in [-0.05, 0) is 18.8 Å². The molecule has 1 fully saturated rings. The van der Waals surface area contributed by atoms with Crippen LogP contribution in [0.25, 0.3) is 0 Å². The molecule has 74 valence electrons. The van der Waals surface area contributed by atoms with Crippen molar-refractivity contribution in [2.45, 2.75) is 39.2 Å². The van der Waals surface area contributed by atoms with Gasteiger partial charge in [0.2, 0.25) is 0 Å². The fourth-order valence-corrected chi connectivity index (χ4v) is 2.07. The smallest absolute Gasteiger partial charge is 0.294 e. The minimum atomic E-state index is -0.895. The monoisotopic (exact) mass is 184 g/mol. The minimum absolute atomic E-state index is 0.254. The van der Waals surface area contributed by atoms with E-state index in [0.29, 0.717) is 18.8 Å². The lowest BCUT2D eigenvalue weighted by molar-refractivity contribution is -0.161. The third-order valence-electron chi connectivity index (χ3n) is 3.72. The van der Waals surface area contributed by atoms with Crippen molar-refractivity contribution in [2.24, 2.45) is 11.3 Å². The second-order valence-electron chi connectivity index (χ2n) is 4.38. The van der Waals surface area contributed by atoms with E-state index in [1.165, 1.54) is 0 Å². The fourth-order valence-electron chi connectivity index (χ4n) is 2.07. The highest BCUT2D eigenvalue weighted by molar-refractivity contribution is 5.67. The molecule has 2 atom stereocenters. The van der Waals surface area contributed by atoms with Crippen LogP contribution in [-0.4, -0.2) is 18.4 Å². The summed E-state index contributed by atoms with van der Waals surface area (Å²) in [4.78, 5) is 21.3. The van der Waals surface area contributed by atoms with Crippen LogP contribution in [0.15, 0.2) is 0 Å². The van der Waals surface area contributed by atoms with Gasteiger partial charge in [-0.3, -0.25) is 9.59 Å². The molecule has 1 rings (SSSR count). The summed E-state index contributed by atoms with van der Waals surface area (Å²) in [6, 6.07) is 0. The van der Waals surface area contributed by atoms with Gasteiger partial charge in [0, 0.05) is 5.41 Å². The molecule has 0 bridgehead atoms. The van der Waals surface area contributed by atoms with E-state index in [0.717, 1.165) is 12.7 Å². The van der Waals surface area contributed by atoms with Crippen LogP contribution in [0.2, 0.25) is 0 Å². The summed E-state index contributed by atoms with van der Waals surface area (Å²) < 4.78 is 4.98. The van der Waals surface area contributed by atoms with Gasteiger partial charge in [0.05, 0.1) is 0 Å². The summed E-state index contributed by atoms with van der Waals surface area (Å²) in [6.45, 7) is 6.42. The molecule has 1 aliphatic rings. The standard InChI is InChI=1S/C10H16O3/c1-8-4-5-10(6-11,13-7-12)9(8,2)3/h6-8H,4-5H2,1-3H3. The van der Waals surface area contributed by atoms with Crippen LogP contribution in [0.1, 0.15) is 33.6 Å². The van der Waals surface area contributed by atoms with Crippen molar-refractivity contribution in [1.82, 2.24) is 0 Å². The molecule has 13 heavy (non-hydrogen) atoms. The number of carbonyl (C=O) groups is 2. The van der Waals surface area contributed by atoms with Crippen LogP contribution in [-0.2, 0) is 14.3 Å². The first-order valence-corrected chi connectivity index (χ1v) is 4.58. The Kier molecular flexibility index (Phi) is 2.46. The molecule has 0 aromatic rings. The third kappa shape index (κ3) is 1.26. The van der Waals surface area contributed by atoms with E-state index in [2.05, 4.69) is 6.92 Å². The number of aldehydes is 1. The summed E-state index contributed by atoms with van der Waals surface area (Å²) in [7, 11) is 0. The van der Waals surface area contributed by atoms with E-state index in [-0.39, 0.29) is 5.41 Å². The summed E-state index contributed by atoms with van der Waals surface area (Å²) in [5.74, 6) is 0.401. The average molecular weight is 184 g/mol. The first-order chi connectivity index (χ1) is 6.00. The maximum atomic E-state index is 11.0. The number of hydrogen-bond acceptors (Lipinski definition) is 3. The molecule has 0 radical (unpaired) electrons. The van der Waals surface area contributed by atoms with Crippen molar-refractivity contribution in [3.8, 4) is 0 Å². The highest BCUT2D eigenvalue weighted by atomic mass is 16.5. The molecule has 0 amide bonds. The Labute approximate surface area is 78.5 Å². The van der Waals surface area contributed by atoms with Crippen molar-refractivity contribution in [3.63, 3.8) is 0 Å². The summed E-state index contributed by atoms with van der Waals surface area (Å²) in [5.41, 5.74) is -1.15. The maximum Gasteiger partial charge on any atom is 0.294 e. The Bertz CT molecular complexity index is 222. The molecular weight excluding hydrogens is 168 g/mol. The number of hydrogen-bond donors (Lipinski definition) is 0. The molecule has 2 unspecified atom stereocenters. The molecule has 1 saturated carbocycles. The zero-order valence-electron chi connectivity index (χ0n) is 8.37. The predicted octanol–water partition coefficient (Wildman–Crippen LogP) is 1.55. The van der Waals surface area contributed by atoms with Crippen molar-refractivity contribution in [1.29, 1.82) is 0 Å². The highest BCUT2D eigenvalue weighted by Crippen LogP contribution is 2.50. The molecule has 0 N–H and O–H groups in total. The Morgan fingerprint density at radius 2 is 2.00 bits per heavy atom. The van der Waals surface area contributed by atoms with Crippen molar-refractivity contribution in [2.75, 3.05) is 0 Å². The van der Waals surface area contributed by atoms with Gasteiger partial charge in [-0.2, -0.15) is 0 Å². The highest BCUT2D eigenvalue weighted by Gasteiger charge is 2.55. The minimum Gasteiger partial charge on any atom is -0.453 e. The largest absolute Gasteiger partial charge is 0.453 e. The number of ether oxygens (including phenoxy) is 1. The van der Waals surface area contributed by atoms with Gasteiger partial charge in [0.15, 0.2) is 11.9 Å². The van der Waals surface area contributed by atoms with Crippen LogP contribution in [0, 0.1) is 11.3 Å². The van der Waals surface area contributed by atoms with E-state index in [1.807, 2.05) is 13.8 Å². The lowest BCUT2D eigenvalue weighted by Gasteiger charge is -2.37. The topological polar surface area (TPSA) is 43.4 Å². The molecule has 0 aliphatic heterocycles. The second kappa shape index (κ2) is 3.13. The number of carbonyl (C=O) groups excluding carboxylic acids is 2. The van der Waals surface area contributed by atoms with E-state index in [9.17, 15) is 9.59 Å². The van der Waals surface area contributed by atoms with Gasteiger partial charge >= 0.3 is 0 Å². The predicted molar refractivity (Wildman–Crippen MR) is 48.1 cm³/mol. The van der Waals surface area contributed by atoms with Crippen molar-refractivity contribution >= 4 is 12.8 Å². The fraction of sp³-hybridized carbons (Fsp3) is 0.800. The molecule has 3 nitrogen and oxygen atoms in total. The van der Waals surface area contributed by atoms with Gasteiger partial charge in [-0.15, -0.1) is 0 Å². The van der Waals surface area contributed by atoms with Crippen molar-refractivity contribution in [3.05, 3.63) is 0 Å². The maximum absolute atomic E-state index is 11.0. The summed E-state index contributed by atoms with van der Waals surface area (Å²) >= 11 is 0. The molecule has 0 aromatic carbocycles. The van der Waals surface area contributed by atoms with E-state index < -0.39 is 5.60 Å². The van der Waals surface area contributed by atoms with Gasteiger partial charge in [0.1, 0.15) is 0 Å². The molecule has 1 aliphatic carbocycles. The number of rotatable bonds is 3. The van der Waals surface area contributed by atoms with E-state index >= 15 is 0 Å². The lowest BCUT2D eigenvalue weighted by atomic mass is 9.74. The van der Waals surface area contributed by atoms with Gasteiger partial charge in [-0.25, -0.2) is 0 Å². The Hall–Kier alpha value is -0.860. The average Bonchev–Trinajstić information content (AvgIpc) is 2.30.